The van der Waals surface area contributed by atoms with E-state index in [4.69, 9.17) is 10.7 Å². The maximum Gasteiger partial charge on any atom is 0.217 e. The Morgan fingerprint density at radius 1 is 1.32 bits per heavy atom. The molecule has 1 amide bonds. The van der Waals surface area contributed by atoms with Crippen molar-refractivity contribution in [3.63, 3.8) is 0 Å². The summed E-state index contributed by atoms with van der Waals surface area (Å²) in [6.07, 6.45) is 7.64. The van der Waals surface area contributed by atoms with Crippen LogP contribution in [0.2, 0.25) is 0 Å². The van der Waals surface area contributed by atoms with Crippen LogP contribution in [-0.2, 0) is 4.79 Å². The van der Waals surface area contributed by atoms with Crippen LogP contribution in [0.4, 0.5) is 0 Å². The lowest BCUT2D eigenvalue weighted by Gasteiger charge is -2.34. The lowest BCUT2D eigenvalue weighted by molar-refractivity contribution is -0.119. The average Bonchev–Trinajstić information content (AvgIpc) is 2.45. The monoisotopic (exact) mass is 424 g/mol. The highest BCUT2D eigenvalue weighted by Crippen LogP contribution is 2.19. The van der Waals surface area contributed by atoms with Crippen molar-refractivity contribution in [3.8, 4) is 0 Å². The maximum absolute atomic E-state index is 11.1. The Bertz CT molecular complexity index is 336. The van der Waals surface area contributed by atoms with E-state index >= 15 is 0 Å². The molecule has 1 saturated heterocycles. The van der Waals surface area contributed by atoms with Gasteiger partial charge >= 0.3 is 0 Å². The van der Waals surface area contributed by atoms with Gasteiger partial charge in [0, 0.05) is 32.6 Å². The van der Waals surface area contributed by atoms with Crippen molar-refractivity contribution in [2.24, 2.45) is 16.6 Å². The quantitative estimate of drug-likeness (QED) is 0.273. The van der Waals surface area contributed by atoms with E-state index in [9.17, 15) is 4.79 Å². The van der Waals surface area contributed by atoms with Crippen molar-refractivity contribution in [3.05, 3.63) is 0 Å². The molecule has 1 fully saturated rings. The third-order valence-electron chi connectivity index (χ3n) is 3.92. The Labute approximate surface area is 152 Å². The molecule has 0 aliphatic carbocycles. The van der Waals surface area contributed by atoms with E-state index in [2.05, 4.69) is 24.1 Å². The third kappa shape index (κ3) is 8.80. The molecule has 1 unspecified atom stereocenters. The number of nitrogens with two attached hydrogens (primary N) is 1. The number of carbonyl (C=O) groups is 1. The minimum atomic E-state index is -0.191. The summed E-state index contributed by atoms with van der Waals surface area (Å²) in [6.45, 7) is 8.00. The van der Waals surface area contributed by atoms with Gasteiger partial charge in [0.1, 0.15) is 0 Å². The SMILES string of the molecule is CCCCCCN=C(NCC)N1CCCC(CC(N)=O)C1.I. The van der Waals surface area contributed by atoms with Crippen LogP contribution in [0.25, 0.3) is 0 Å². The fraction of sp³-hybridized carbons (Fsp3) is 0.875. The first-order chi connectivity index (χ1) is 10.2. The second kappa shape index (κ2) is 13.0. The molecule has 1 aliphatic heterocycles. The van der Waals surface area contributed by atoms with E-state index in [1.54, 1.807) is 0 Å². The first kappa shape index (κ1) is 21.5. The topological polar surface area (TPSA) is 70.7 Å². The minimum absolute atomic E-state index is 0. The molecule has 0 aromatic rings. The van der Waals surface area contributed by atoms with Crippen LogP contribution in [0.3, 0.4) is 0 Å². The van der Waals surface area contributed by atoms with Crippen molar-refractivity contribution in [1.82, 2.24) is 10.2 Å². The van der Waals surface area contributed by atoms with E-state index in [0.717, 1.165) is 51.4 Å². The Morgan fingerprint density at radius 2 is 2.09 bits per heavy atom. The summed E-state index contributed by atoms with van der Waals surface area (Å²) in [5.74, 6) is 1.19. The molecule has 0 aromatic heterocycles. The second-order valence-electron chi connectivity index (χ2n) is 5.92. The fourth-order valence-electron chi connectivity index (χ4n) is 2.86. The van der Waals surface area contributed by atoms with E-state index in [1.807, 2.05) is 0 Å². The molecule has 6 heteroatoms. The number of halogens is 1. The van der Waals surface area contributed by atoms with Gasteiger partial charge in [-0.25, -0.2) is 0 Å². The predicted molar refractivity (Wildman–Crippen MR) is 104 cm³/mol. The summed E-state index contributed by atoms with van der Waals surface area (Å²) in [4.78, 5) is 18.1. The summed E-state index contributed by atoms with van der Waals surface area (Å²) in [6, 6.07) is 0. The Kier molecular flexibility index (Phi) is 12.6. The molecule has 0 bridgehead atoms. The van der Waals surface area contributed by atoms with Gasteiger partial charge in [-0.15, -0.1) is 24.0 Å². The molecule has 3 N–H and O–H groups in total. The number of nitrogens with zero attached hydrogens (tertiary/aromatic N) is 2. The molecule has 0 saturated carbocycles. The zero-order valence-corrected chi connectivity index (χ0v) is 16.5. The molecule has 130 valence electrons. The van der Waals surface area contributed by atoms with Crippen LogP contribution in [0, 0.1) is 5.92 Å². The van der Waals surface area contributed by atoms with Crippen LogP contribution in [0.15, 0.2) is 4.99 Å². The standard InChI is InChI=1S/C16H32N4O.HI/c1-3-5-6-7-10-19-16(18-4-2)20-11-8-9-14(13-20)12-15(17)21;/h14H,3-13H2,1-2H3,(H2,17,21)(H,18,19);1H. The third-order valence-corrected chi connectivity index (χ3v) is 3.92. The van der Waals surface area contributed by atoms with E-state index < -0.39 is 0 Å². The number of hydrogen-bond donors (Lipinski definition) is 2. The molecule has 22 heavy (non-hydrogen) atoms. The number of hydrogen-bond acceptors (Lipinski definition) is 2. The summed E-state index contributed by atoms with van der Waals surface area (Å²) >= 11 is 0. The number of nitrogens with one attached hydrogen (secondary N) is 1. The van der Waals surface area contributed by atoms with Crippen LogP contribution in [-0.4, -0.2) is 42.9 Å². The van der Waals surface area contributed by atoms with Crippen molar-refractivity contribution in [2.75, 3.05) is 26.2 Å². The van der Waals surface area contributed by atoms with Gasteiger partial charge in [-0.1, -0.05) is 26.2 Å². The first-order valence-corrected chi connectivity index (χ1v) is 8.48. The number of rotatable bonds is 8. The van der Waals surface area contributed by atoms with Gasteiger partial charge in [0.15, 0.2) is 5.96 Å². The normalized spacial score (nSPS) is 18.7. The molecule has 0 aromatic carbocycles. The second-order valence-corrected chi connectivity index (χ2v) is 5.92. The summed E-state index contributed by atoms with van der Waals surface area (Å²) in [7, 11) is 0. The zero-order valence-electron chi connectivity index (χ0n) is 14.1. The lowest BCUT2D eigenvalue weighted by Crippen LogP contribution is -2.47. The summed E-state index contributed by atoms with van der Waals surface area (Å²) < 4.78 is 0. The van der Waals surface area contributed by atoms with Gasteiger partial charge in [0.25, 0.3) is 0 Å². The maximum atomic E-state index is 11.1. The Morgan fingerprint density at radius 3 is 2.73 bits per heavy atom. The smallest absolute Gasteiger partial charge is 0.217 e. The Hall–Kier alpha value is -0.530. The van der Waals surface area contributed by atoms with Gasteiger partial charge in [-0.2, -0.15) is 0 Å². The van der Waals surface area contributed by atoms with Crippen molar-refractivity contribution in [1.29, 1.82) is 0 Å². The number of primary amides is 1. The van der Waals surface area contributed by atoms with E-state index in [0.29, 0.717) is 12.3 Å². The molecule has 0 spiro atoms. The largest absolute Gasteiger partial charge is 0.370 e. The molecule has 5 nitrogen and oxygen atoms in total. The highest BCUT2D eigenvalue weighted by atomic mass is 127. The van der Waals surface area contributed by atoms with Crippen LogP contribution < -0.4 is 11.1 Å². The molecule has 1 aliphatic rings. The van der Waals surface area contributed by atoms with Crippen molar-refractivity contribution < 1.29 is 4.79 Å². The number of amides is 1. The predicted octanol–water partition coefficient (Wildman–Crippen LogP) is 2.74. The van der Waals surface area contributed by atoms with E-state index in [1.165, 1.54) is 19.3 Å². The molecule has 0 radical (unpaired) electrons. The van der Waals surface area contributed by atoms with Crippen LogP contribution in [0.5, 0.6) is 0 Å². The Balaban J connectivity index is 0.00000441. The fourth-order valence-corrected chi connectivity index (χ4v) is 2.86. The van der Waals surface area contributed by atoms with Gasteiger partial charge in [-0.05, 0) is 32.1 Å². The molecule has 1 rings (SSSR count). The highest BCUT2D eigenvalue weighted by Gasteiger charge is 2.23. The van der Waals surface area contributed by atoms with Crippen molar-refractivity contribution in [2.45, 2.75) is 58.8 Å². The minimum Gasteiger partial charge on any atom is -0.370 e. The number of aliphatic imine (C=N–C) groups is 1. The number of likely N-dealkylation sites (tertiary alicyclic amines) is 1. The number of piperidine rings is 1. The molecular formula is C16H33IN4O. The highest BCUT2D eigenvalue weighted by molar-refractivity contribution is 14.0. The molecule has 1 heterocycles. The lowest BCUT2D eigenvalue weighted by atomic mass is 9.95. The number of guanidine groups is 1. The van der Waals surface area contributed by atoms with Gasteiger partial charge in [0.2, 0.25) is 5.91 Å². The summed E-state index contributed by atoms with van der Waals surface area (Å²) in [5, 5.41) is 3.38. The van der Waals surface area contributed by atoms with Crippen LogP contribution >= 0.6 is 24.0 Å². The van der Waals surface area contributed by atoms with Gasteiger partial charge < -0.3 is 16.0 Å². The van der Waals surface area contributed by atoms with Gasteiger partial charge in [0.05, 0.1) is 0 Å². The first-order valence-electron chi connectivity index (χ1n) is 8.48. The number of unbranched alkanes of at least 4 members (excludes halogenated alkanes) is 3. The van der Waals surface area contributed by atoms with E-state index in [-0.39, 0.29) is 29.9 Å². The van der Waals surface area contributed by atoms with Gasteiger partial charge in [-0.3, -0.25) is 9.79 Å². The van der Waals surface area contributed by atoms with Crippen molar-refractivity contribution >= 4 is 35.8 Å². The summed E-state index contributed by atoms with van der Waals surface area (Å²) in [5.41, 5.74) is 5.33. The average molecular weight is 424 g/mol. The molecular weight excluding hydrogens is 391 g/mol. The molecule has 1 atom stereocenters. The zero-order chi connectivity index (χ0) is 15.5. The number of carbonyl (C=O) groups excluding carboxylic acids is 1. The van der Waals surface area contributed by atoms with Crippen LogP contribution in [0.1, 0.15) is 58.8 Å².